The van der Waals surface area contributed by atoms with Crippen molar-refractivity contribution < 1.29 is 18.3 Å². The standard InChI is InChI=1S/C11H12Br2F2O2/c1-16-4-5-17-9-3-2-7(6-8(9)12)10(13)11(14)15/h2-3,6,10-11H,4-5H2,1H3. The highest BCUT2D eigenvalue weighted by Crippen LogP contribution is 2.34. The maximum Gasteiger partial charge on any atom is 0.255 e. The molecule has 17 heavy (non-hydrogen) atoms. The molecule has 1 aromatic rings. The molecule has 0 spiro atoms. The van der Waals surface area contributed by atoms with Gasteiger partial charge in [-0.1, -0.05) is 22.0 Å². The maximum atomic E-state index is 12.5. The molecule has 6 heteroatoms. The molecule has 0 N–H and O–H groups in total. The lowest BCUT2D eigenvalue weighted by Gasteiger charge is -2.12. The molecule has 0 saturated carbocycles. The third-order valence-corrected chi connectivity index (χ3v) is 3.59. The highest BCUT2D eigenvalue weighted by molar-refractivity contribution is 9.10. The number of hydrogen-bond acceptors (Lipinski definition) is 2. The molecule has 0 aliphatic carbocycles. The summed E-state index contributed by atoms with van der Waals surface area (Å²) < 4.78 is 35.9. The maximum absolute atomic E-state index is 12.5. The highest BCUT2D eigenvalue weighted by atomic mass is 79.9. The molecule has 0 aliphatic heterocycles. The zero-order chi connectivity index (χ0) is 12.8. The Labute approximate surface area is 116 Å². The van der Waals surface area contributed by atoms with Crippen LogP contribution in [-0.2, 0) is 4.74 Å². The number of rotatable bonds is 6. The topological polar surface area (TPSA) is 18.5 Å². The first kappa shape index (κ1) is 14.9. The van der Waals surface area contributed by atoms with Crippen molar-refractivity contribution in [3.8, 4) is 5.75 Å². The van der Waals surface area contributed by atoms with Crippen LogP contribution < -0.4 is 4.74 Å². The molecule has 2 nitrogen and oxygen atoms in total. The summed E-state index contributed by atoms with van der Waals surface area (Å²) in [5.74, 6) is 0.611. The fourth-order valence-electron chi connectivity index (χ4n) is 1.19. The minimum Gasteiger partial charge on any atom is -0.490 e. The second-order valence-corrected chi connectivity index (χ2v) is 5.11. The van der Waals surface area contributed by atoms with Crippen LogP contribution in [0.15, 0.2) is 22.7 Å². The largest absolute Gasteiger partial charge is 0.490 e. The Morgan fingerprint density at radius 1 is 1.29 bits per heavy atom. The van der Waals surface area contributed by atoms with Crippen LogP contribution in [0.25, 0.3) is 0 Å². The van der Waals surface area contributed by atoms with Gasteiger partial charge in [0.25, 0.3) is 6.43 Å². The Morgan fingerprint density at radius 2 is 2.00 bits per heavy atom. The van der Waals surface area contributed by atoms with E-state index in [0.717, 1.165) is 0 Å². The van der Waals surface area contributed by atoms with Crippen LogP contribution in [0.1, 0.15) is 10.4 Å². The second-order valence-electron chi connectivity index (χ2n) is 3.27. The number of alkyl halides is 3. The molecule has 0 aliphatic rings. The highest BCUT2D eigenvalue weighted by Gasteiger charge is 2.19. The van der Waals surface area contributed by atoms with E-state index in [-0.39, 0.29) is 0 Å². The van der Waals surface area contributed by atoms with Crippen LogP contribution in [0, 0.1) is 0 Å². The summed E-state index contributed by atoms with van der Waals surface area (Å²) in [5, 5.41) is 0. The minimum absolute atomic E-state index is 0.418. The van der Waals surface area contributed by atoms with Gasteiger partial charge in [0.15, 0.2) is 0 Å². The van der Waals surface area contributed by atoms with Gasteiger partial charge in [0.2, 0.25) is 0 Å². The quantitative estimate of drug-likeness (QED) is 0.550. The Kier molecular flexibility index (Phi) is 6.37. The Bertz CT molecular complexity index is 361. The third-order valence-electron chi connectivity index (χ3n) is 2.04. The van der Waals surface area contributed by atoms with Crippen LogP contribution in [0.2, 0.25) is 0 Å². The molecule has 0 saturated heterocycles. The molecule has 0 radical (unpaired) electrons. The van der Waals surface area contributed by atoms with Crippen molar-refractivity contribution in [2.24, 2.45) is 0 Å². The van der Waals surface area contributed by atoms with Gasteiger partial charge in [-0.15, -0.1) is 0 Å². The summed E-state index contributed by atoms with van der Waals surface area (Å²) in [7, 11) is 1.58. The normalized spacial score (nSPS) is 12.8. The van der Waals surface area contributed by atoms with Gasteiger partial charge in [0.05, 0.1) is 11.1 Å². The van der Waals surface area contributed by atoms with E-state index >= 15 is 0 Å². The van der Waals surface area contributed by atoms with Gasteiger partial charge in [0, 0.05) is 7.11 Å². The molecule has 1 rings (SSSR count). The van der Waals surface area contributed by atoms with Crippen LogP contribution in [0.4, 0.5) is 8.78 Å². The summed E-state index contributed by atoms with van der Waals surface area (Å²) >= 11 is 6.23. The van der Waals surface area contributed by atoms with Crippen LogP contribution >= 0.6 is 31.9 Å². The molecule has 1 unspecified atom stereocenters. The second kappa shape index (κ2) is 7.28. The van der Waals surface area contributed by atoms with Crippen molar-refractivity contribution in [1.29, 1.82) is 0 Å². The first-order valence-corrected chi connectivity index (χ1v) is 6.60. The van der Waals surface area contributed by atoms with E-state index in [0.29, 0.717) is 29.0 Å². The van der Waals surface area contributed by atoms with Crippen molar-refractivity contribution in [3.63, 3.8) is 0 Å². The lowest BCUT2D eigenvalue weighted by molar-refractivity contribution is 0.145. The number of benzene rings is 1. The summed E-state index contributed by atoms with van der Waals surface area (Å²) in [4.78, 5) is -0.966. The summed E-state index contributed by atoms with van der Waals surface area (Å²) in [6, 6.07) is 4.89. The lowest BCUT2D eigenvalue weighted by Crippen LogP contribution is -2.05. The van der Waals surface area contributed by atoms with Gasteiger partial charge >= 0.3 is 0 Å². The number of ether oxygens (including phenoxy) is 2. The van der Waals surface area contributed by atoms with Gasteiger partial charge in [-0.25, -0.2) is 8.78 Å². The number of hydrogen-bond donors (Lipinski definition) is 0. The van der Waals surface area contributed by atoms with Gasteiger partial charge in [0.1, 0.15) is 17.2 Å². The van der Waals surface area contributed by atoms with Gasteiger partial charge in [-0.2, -0.15) is 0 Å². The lowest BCUT2D eigenvalue weighted by atomic mass is 10.1. The first-order chi connectivity index (χ1) is 8.06. The van der Waals surface area contributed by atoms with E-state index in [1.807, 2.05) is 0 Å². The zero-order valence-electron chi connectivity index (χ0n) is 9.13. The summed E-state index contributed by atoms with van der Waals surface area (Å²) in [5.41, 5.74) is 0.506. The predicted octanol–water partition coefficient (Wildman–Crippen LogP) is 4.18. The zero-order valence-corrected chi connectivity index (χ0v) is 12.3. The smallest absolute Gasteiger partial charge is 0.255 e. The van der Waals surface area contributed by atoms with Crippen LogP contribution in [-0.4, -0.2) is 26.7 Å². The molecular formula is C11H12Br2F2O2. The molecule has 0 bridgehead atoms. The molecule has 0 heterocycles. The van der Waals surface area contributed by atoms with Crippen molar-refractivity contribution in [3.05, 3.63) is 28.2 Å². The van der Waals surface area contributed by atoms with Gasteiger partial charge in [-0.3, -0.25) is 0 Å². The molecule has 1 atom stereocenters. The Balaban J connectivity index is 2.72. The van der Waals surface area contributed by atoms with Crippen molar-refractivity contribution in [1.82, 2.24) is 0 Å². The van der Waals surface area contributed by atoms with E-state index < -0.39 is 11.3 Å². The molecule has 0 aromatic heterocycles. The molecule has 1 aromatic carbocycles. The number of halogens is 4. The van der Waals surface area contributed by atoms with E-state index in [9.17, 15) is 8.78 Å². The molecule has 0 amide bonds. The van der Waals surface area contributed by atoms with E-state index in [1.165, 1.54) is 0 Å². The first-order valence-electron chi connectivity index (χ1n) is 4.89. The predicted molar refractivity (Wildman–Crippen MR) is 69.2 cm³/mol. The molecular weight excluding hydrogens is 362 g/mol. The average molecular weight is 374 g/mol. The van der Waals surface area contributed by atoms with Crippen LogP contribution in [0.5, 0.6) is 5.75 Å². The van der Waals surface area contributed by atoms with Crippen molar-refractivity contribution >= 4 is 31.9 Å². The monoisotopic (exact) mass is 372 g/mol. The molecule has 96 valence electrons. The van der Waals surface area contributed by atoms with E-state index in [2.05, 4.69) is 31.9 Å². The van der Waals surface area contributed by atoms with Crippen molar-refractivity contribution in [2.45, 2.75) is 11.3 Å². The van der Waals surface area contributed by atoms with E-state index in [1.54, 1.807) is 25.3 Å². The average Bonchev–Trinajstić information content (AvgIpc) is 2.30. The van der Waals surface area contributed by atoms with Crippen LogP contribution in [0.3, 0.4) is 0 Å². The Morgan fingerprint density at radius 3 is 2.53 bits per heavy atom. The number of methoxy groups -OCH3 is 1. The van der Waals surface area contributed by atoms with Gasteiger partial charge < -0.3 is 9.47 Å². The summed E-state index contributed by atoms with van der Waals surface area (Å²) in [6.45, 7) is 0.896. The minimum atomic E-state index is -2.44. The summed E-state index contributed by atoms with van der Waals surface area (Å²) in [6.07, 6.45) is -2.44. The van der Waals surface area contributed by atoms with Crippen molar-refractivity contribution in [2.75, 3.05) is 20.3 Å². The SMILES string of the molecule is COCCOc1ccc(C(Br)C(F)F)cc1Br. The molecule has 0 fully saturated rings. The fraction of sp³-hybridized carbons (Fsp3) is 0.455. The fourth-order valence-corrected chi connectivity index (χ4v) is 1.98. The van der Waals surface area contributed by atoms with E-state index in [4.69, 9.17) is 9.47 Å². The Hall–Kier alpha value is -0.200. The third kappa shape index (κ3) is 4.52. The van der Waals surface area contributed by atoms with Gasteiger partial charge in [-0.05, 0) is 33.6 Å².